The molecule has 0 saturated heterocycles. The molecular formula is C25H19FN2O4. The van der Waals surface area contributed by atoms with Crippen molar-refractivity contribution >= 4 is 11.4 Å². The van der Waals surface area contributed by atoms with Gasteiger partial charge in [0.15, 0.2) is 0 Å². The van der Waals surface area contributed by atoms with E-state index in [1.807, 2.05) is 37.3 Å². The van der Waals surface area contributed by atoms with Gasteiger partial charge in [-0.25, -0.2) is 4.39 Å². The zero-order valence-corrected chi connectivity index (χ0v) is 17.1. The van der Waals surface area contributed by atoms with Crippen LogP contribution in [0.3, 0.4) is 0 Å². The van der Waals surface area contributed by atoms with E-state index in [1.165, 1.54) is 36.4 Å². The van der Waals surface area contributed by atoms with Crippen molar-refractivity contribution in [1.29, 1.82) is 0 Å². The largest absolute Gasteiger partial charge is 0.277 e. The third-order valence-corrected chi connectivity index (χ3v) is 4.72. The van der Waals surface area contributed by atoms with E-state index >= 15 is 0 Å². The molecule has 6 nitrogen and oxygen atoms in total. The van der Waals surface area contributed by atoms with Crippen molar-refractivity contribution in [2.75, 3.05) is 0 Å². The molecule has 0 amide bonds. The summed E-state index contributed by atoms with van der Waals surface area (Å²) in [4.78, 5) is 20.9. The maximum atomic E-state index is 12.7. The highest BCUT2D eigenvalue weighted by molar-refractivity contribution is 5.74. The first kappa shape index (κ1) is 22.3. The van der Waals surface area contributed by atoms with Crippen LogP contribution in [0, 0.1) is 33.0 Å². The van der Waals surface area contributed by atoms with Gasteiger partial charge in [0, 0.05) is 12.1 Å². The summed E-state index contributed by atoms with van der Waals surface area (Å²) in [5, 5.41) is 21.7. The molecule has 4 aromatic rings. The first-order valence-electron chi connectivity index (χ1n) is 9.66. The standard InChI is InChI=1S/C13H11NO2.C12H8FNO2/c1-10-6-8-11(9-7-10)12-4-2-3-5-13(12)14(15)16;13-10-7-5-9(6-8-10)11-3-1-2-4-12(11)14(15)16/h2-9H,1H3;1-8H. The van der Waals surface area contributed by atoms with Crippen LogP contribution in [0.1, 0.15) is 5.56 Å². The van der Waals surface area contributed by atoms with Gasteiger partial charge in [0.25, 0.3) is 11.4 Å². The Balaban J connectivity index is 0.000000181. The molecule has 32 heavy (non-hydrogen) atoms. The minimum Gasteiger partial charge on any atom is -0.258 e. The van der Waals surface area contributed by atoms with Crippen LogP contribution in [0.15, 0.2) is 97.1 Å². The molecule has 0 unspecified atom stereocenters. The van der Waals surface area contributed by atoms with Crippen molar-refractivity contribution in [3.8, 4) is 22.3 Å². The van der Waals surface area contributed by atoms with E-state index < -0.39 is 4.92 Å². The van der Waals surface area contributed by atoms with Crippen LogP contribution < -0.4 is 0 Å². The number of hydrogen-bond donors (Lipinski definition) is 0. The minimum atomic E-state index is -0.446. The molecule has 0 fully saturated rings. The van der Waals surface area contributed by atoms with E-state index in [-0.39, 0.29) is 22.1 Å². The lowest BCUT2D eigenvalue weighted by Gasteiger charge is -2.03. The number of nitro benzene ring substituents is 2. The summed E-state index contributed by atoms with van der Waals surface area (Å²) in [6, 6.07) is 26.5. The molecule has 160 valence electrons. The van der Waals surface area contributed by atoms with E-state index in [4.69, 9.17) is 0 Å². The van der Waals surface area contributed by atoms with Gasteiger partial charge < -0.3 is 0 Å². The highest BCUT2D eigenvalue weighted by Gasteiger charge is 2.14. The monoisotopic (exact) mass is 430 g/mol. The Bertz CT molecular complexity index is 1140. The summed E-state index contributed by atoms with van der Waals surface area (Å²) in [7, 11) is 0. The number of halogens is 1. The lowest BCUT2D eigenvalue weighted by atomic mass is 10.0. The first-order chi connectivity index (χ1) is 15.4. The highest BCUT2D eigenvalue weighted by Crippen LogP contribution is 2.30. The SMILES string of the molecule is Cc1ccc(-c2ccccc2[N+](=O)[O-])cc1.O=[N+]([O-])c1ccccc1-c1ccc(F)cc1. The van der Waals surface area contributed by atoms with Gasteiger partial charge >= 0.3 is 0 Å². The van der Waals surface area contributed by atoms with Gasteiger partial charge in [-0.15, -0.1) is 0 Å². The van der Waals surface area contributed by atoms with Crippen molar-refractivity contribution < 1.29 is 14.2 Å². The third-order valence-electron chi connectivity index (χ3n) is 4.72. The second-order valence-electron chi connectivity index (χ2n) is 6.92. The average molecular weight is 430 g/mol. The molecule has 7 heteroatoms. The highest BCUT2D eigenvalue weighted by atomic mass is 19.1. The van der Waals surface area contributed by atoms with Crippen LogP contribution in [-0.2, 0) is 0 Å². The van der Waals surface area contributed by atoms with Crippen molar-refractivity contribution in [3.63, 3.8) is 0 Å². The molecule has 0 spiro atoms. The zero-order chi connectivity index (χ0) is 23.1. The lowest BCUT2D eigenvalue weighted by molar-refractivity contribution is -0.384. The normalized spacial score (nSPS) is 10.1. The molecule has 0 bridgehead atoms. The fourth-order valence-corrected chi connectivity index (χ4v) is 3.12. The minimum absolute atomic E-state index is 0.0223. The fourth-order valence-electron chi connectivity index (χ4n) is 3.12. The molecule has 0 aliphatic carbocycles. The number of para-hydroxylation sites is 2. The van der Waals surface area contributed by atoms with Gasteiger partial charge in [-0.3, -0.25) is 20.2 Å². The van der Waals surface area contributed by atoms with Crippen molar-refractivity contribution in [2.24, 2.45) is 0 Å². The molecule has 0 aliphatic heterocycles. The quantitative estimate of drug-likeness (QED) is 0.258. The first-order valence-corrected chi connectivity index (χ1v) is 9.66. The predicted octanol–water partition coefficient (Wildman–Crippen LogP) is 6.97. The Hall–Kier alpha value is -4.39. The van der Waals surface area contributed by atoms with Crippen LogP contribution in [0.25, 0.3) is 22.3 Å². The van der Waals surface area contributed by atoms with Crippen LogP contribution in [0.5, 0.6) is 0 Å². The molecule has 0 saturated carbocycles. The predicted molar refractivity (Wildman–Crippen MR) is 122 cm³/mol. The third kappa shape index (κ3) is 5.40. The summed E-state index contributed by atoms with van der Waals surface area (Å²) < 4.78 is 12.7. The number of rotatable bonds is 4. The van der Waals surface area contributed by atoms with E-state index in [2.05, 4.69) is 0 Å². The molecule has 4 rings (SSSR count). The van der Waals surface area contributed by atoms with Gasteiger partial charge in [-0.2, -0.15) is 0 Å². The van der Waals surface area contributed by atoms with E-state index in [0.29, 0.717) is 16.7 Å². The Morgan fingerprint density at radius 2 is 0.969 bits per heavy atom. The van der Waals surface area contributed by atoms with Gasteiger partial charge in [-0.1, -0.05) is 66.2 Å². The van der Waals surface area contributed by atoms with E-state index in [0.717, 1.165) is 11.1 Å². The smallest absolute Gasteiger partial charge is 0.258 e. The van der Waals surface area contributed by atoms with Crippen LogP contribution in [-0.4, -0.2) is 9.85 Å². The van der Waals surface area contributed by atoms with E-state index in [1.54, 1.807) is 30.3 Å². The zero-order valence-electron chi connectivity index (χ0n) is 17.1. The van der Waals surface area contributed by atoms with Crippen molar-refractivity contribution in [1.82, 2.24) is 0 Å². The lowest BCUT2D eigenvalue weighted by Crippen LogP contribution is -1.91. The molecule has 0 aliphatic rings. The maximum absolute atomic E-state index is 12.7. The molecule has 0 aromatic heterocycles. The maximum Gasteiger partial charge on any atom is 0.277 e. The molecule has 0 radical (unpaired) electrons. The van der Waals surface area contributed by atoms with Crippen LogP contribution in [0.4, 0.5) is 15.8 Å². The fraction of sp³-hybridized carbons (Fsp3) is 0.0400. The van der Waals surface area contributed by atoms with Gasteiger partial charge in [0.05, 0.1) is 21.0 Å². The summed E-state index contributed by atoms with van der Waals surface area (Å²) in [6.45, 7) is 1.99. The number of nitro groups is 2. The van der Waals surface area contributed by atoms with Crippen LogP contribution in [0.2, 0.25) is 0 Å². The topological polar surface area (TPSA) is 86.3 Å². The number of nitrogens with zero attached hydrogens (tertiary/aromatic N) is 2. The number of benzene rings is 4. The number of hydrogen-bond acceptors (Lipinski definition) is 4. The van der Waals surface area contributed by atoms with E-state index in [9.17, 15) is 24.6 Å². The van der Waals surface area contributed by atoms with Crippen molar-refractivity contribution in [3.05, 3.63) is 129 Å². The summed E-state index contributed by atoms with van der Waals surface area (Å²) >= 11 is 0. The Morgan fingerprint density at radius 3 is 1.38 bits per heavy atom. The molecule has 0 atom stereocenters. The second-order valence-corrected chi connectivity index (χ2v) is 6.92. The average Bonchev–Trinajstić information content (AvgIpc) is 2.80. The Kier molecular flexibility index (Phi) is 7.02. The summed E-state index contributed by atoms with van der Waals surface area (Å²) in [6.07, 6.45) is 0. The van der Waals surface area contributed by atoms with Crippen molar-refractivity contribution in [2.45, 2.75) is 6.92 Å². The van der Waals surface area contributed by atoms with Gasteiger partial charge in [0.2, 0.25) is 0 Å². The van der Waals surface area contributed by atoms with Gasteiger partial charge in [0.1, 0.15) is 5.82 Å². The summed E-state index contributed by atoms with van der Waals surface area (Å²) in [5.74, 6) is -0.359. The Labute approximate surface area is 183 Å². The second kappa shape index (κ2) is 10.1. The Morgan fingerprint density at radius 1 is 0.594 bits per heavy atom. The number of aryl methyl sites for hydroxylation is 1. The molecule has 4 aromatic carbocycles. The molecule has 0 heterocycles. The summed E-state index contributed by atoms with van der Waals surface area (Å²) in [5.41, 5.74) is 3.97. The molecular weight excluding hydrogens is 411 g/mol. The van der Waals surface area contributed by atoms with Gasteiger partial charge in [-0.05, 0) is 42.3 Å². The van der Waals surface area contributed by atoms with Crippen LogP contribution >= 0.6 is 0 Å². The molecule has 0 N–H and O–H groups in total.